The number of anilines is 1. The summed E-state index contributed by atoms with van der Waals surface area (Å²) in [5, 5.41) is 9.78. The predicted octanol–water partition coefficient (Wildman–Crippen LogP) is 2.13. The highest BCUT2D eigenvalue weighted by molar-refractivity contribution is 7.71. The molecule has 0 spiro atoms. The number of hydrogen-bond acceptors (Lipinski definition) is 4. The molecule has 0 radical (unpaired) electrons. The molecule has 0 saturated heterocycles. The van der Waals surface area contributed by atoms with E-state index in [2.05, 4.69) is 27.4 Å². The van der Waals surface area contributed by atoms with Gasteiger partial charge >= 0.3 is 0 Å². The Labute approximate surface area is 121 Å². The standard InChI is InChI=1S/C13H15N5OS/c1-7-3-10(7)12(19)15-9-4-8(5-14-6-9)11-16-17-13(20)18(11)2/h4-7,10H,3H2,1-2H3,(H,15,19)(H,17,20)/t7-,10+/m0/s1. The number of nitrogens with zero attached hydrogens (tertiary/aromatic N) is 3. The van der Waals surface area contributed by atoms with Gasteiger partial charge < -0.3 is 9.88 Å². The highest BCUT2D eigenvalue weighted by Crippen LogP contribution is 2.38. The van der Waals surface area contributed by atoms with E-state index in [-0.39, 0.29) is 11.8 Å². The predicted molar refractivity (Wildman–Crippen MR) is 77.5 cm³/mol. The fourth-order valence-corrected chi connectivity index (χ4v) is 2.29. The molecule has 1 amide bonds. The number of H-pyrrole nitrogens is 1. The fourth-order valence-electron chi connectivity index (χ4n) is 2.16. The number of amides is 1. The monoisotopic (exact) mass is 289 g/mol. The maximum Gasteiger partial charge on any atom is 0.227 e. The number of aromatic nitrogens is 4. The molecule has 2 aromatic rings. The second-order valence-electron chi connectivity index (χ2n) is 5.18. The lowest BCUT2D eigenvalue weighted by Crippen LogP contribution is -2.14. The Kier molecular flexibility index (Phi) is 3.13. The summed E-state index contributed by atoms with van der Waals surface area (Å²) in [7, 11) is 1.83. The quantitative estimate of drug-likeness (QED) is 0.849. The molecule has 0 unspecified atom stereocenters. The summed E-state index contributed by atoms with van der Waals surface area (Å²) >= 11 is 5.09. The van der Waals surface area contributed by atoms with E-state index in [1.165, 1.54) is 0 Å². The van der Waals surface area contributed by atoms with E-state index in [9.17, 15) is 4.79 Å². The number of aromatic amines is 1. The summed E-state index contributed by atoms with van der Waals surface area (Å²) in [5.74, 6) is 1.38. The van der Waals surface area contributed by atoms with Crippen molar-refractivity contribution in [3.8, 4) is 11.4 Å². The number of carbonyl (C=O) groups excluding carboxylic acids is 1. The summed E-state index contributed by atoms with van der Waals surface area (Å²) < 4.78 is 2.31. The van der Waals surface area contributed by atoms with Crippen molar-refractivity contribution >= 4 is 23.8 Å². The lowest BCUT2D eigenvalue weighted by atomic mass is 10.2. The molecule has 2 aromatic heterocycles. The van der Waals surface area contributed by atoms with E-state index in [0.717, 1.165) is 12.0 Å². The van der Waals surface area contributed by atoms with Gasteiger partial charge in [-0.2, -0.15) is 5.10 Å². The molecule has 1 fully saturated rings. The van der Waals surface area contributed by atoms with Crippen LogP contribution in [0.15, 0.2) is 18.5 Å². The molecule has 7 heteroatoms. The van der Waals surface area contributed by atoms with Gasteiger partial charge in [-0.1, -0.05) is 6.92 Å². The van der Waals surface area contributed by atoms with Crippen molar-refractivity contribution in [1.82, 2.24) is 19.7 Å². The van der Waals surface area contributed by atoms with E-state index >= 15 is 0 Å². The Morgan fingerprint density at radius 3 is 2.90 bits per heavy atom. The summed E-state index contributed by atoms with van der Waals surface area (Å²) in [6.07, 6.45) is 4.29. The van der Waals surface area contributed by atoms with Crippen LogP contribution in [-0.4, -0.2) is 25.7 Å². The molecule has 3 rings (SSSR count). The fraction of sp³-hybridized carbons (Fsp3) is 0.385. The van der Waals surface area contributed by atoms with Crippen LogP contribution >= 0.6 is 12.2 Å². The molecule has 1 aliphatic carbocycles. The SMILES string of the molecule is C[C@H]1C[C@H]1C(=O)Nc1cncc(-c2n[nH]c(=S)n2C)c1. The van der Waals surface area contributed by atoms with Gasteiger partial charge in [0, 0.05) is 24.7 Å². The number of rotatable bonds is 3. The van der Waals surface area contributed by atoms with Crippen LogP contribution in [0.4, 0.5) is 5.69 Å². The Balaban J connectivity index is 1.84. The van der Waals surface area contributed by atoms with Gasteiger partial charge in [0.2, 0.25) is 5.91 Å². The molecule has 104 valence electrons. The third-order valence-electron chi connectivity index (χ3n) is 3.59. The van der Waals surface area contributed by atoms with Gasteiger partial charge in [0.25, 0.3) is 0 Å². The van der Waals surface area contributed by atoms with Crippen molar-refractivity contribution in [2.24, 2.45) is 18.9 Å². The third kappa shape index (κ3) is 2.36. The molecule has 6 nitrogen and oxygen atoms in total. The number of hydrogen-bond donors (Lipinski definition) is 2. The molecule has 2 atom stereocenters. The Morgan fingerprint density at radius 2 is 2.30 bits per heavy atom. The van der Waals surface area contributed by atoms with Crippen molar-refractivity contribution in [2.45, 2.75) is 13.3 Å². The summed E-state index contributed by atoms with van der Waals surface area (Å²) in [6.45, 7) is 2.08. The molecule has 0 aromatic carbocycles. The van der Waals surface area contributed by atoms with Gasteiger partial charge in [-0.25, -0.2) is 0 Å². The van der Waals surface area contributed by atoms with Crippen LogP contribution < -0.4 is 5.32 Å². The van der Waals surface area contributed by atoms with Crippen LogP contribution in [0.25, 0.3) is 11.4 Å². The maximum absolute atomic E-state index is 11.9. The lowest BCUT2D eigenvalue weighted by Gasteiger charge is -2.06. The van der Waals surface area contributed by atoms with Gasteiger partial charge in [-0.3, -0.25) is 14.9 Å². The second-order valence-corrected chi connectivity index (χ2v) is 5.57. The minimum atomic E-state index is 0.0619. The zero-order valence-corrected chi connectivity index (χ0v) is 12.1. The van der Waals surface area contributed by atoms with E-state index in [4.69, 9.17) is 12.2 Å². The van der Waals surface area contributed by atoms with E-state index in [1.807, 2.05) is 13.1 Å². The molecule has 0 bridgehead atoms. The Morgan fingerprint density at radius 1 is 1.55 bits per heavy atom. The minimum absolute atomic E-state index is 0.0619. The molecule has 1 aliphatic rings. The molecule has 20 heavy (non-hydrogen) atoms. The lowest BCUT2D eigenvalue weighted by molar-refractivity contribution is -0.117. The van der Waals surface area contributed by atoms with Crippen LogP contribution in [0, 0.1) is 16.6 Å². The number of carbonyl (C=O) groups is 1. The summed E-state index contributed by atoms with van der Waals surface area (Å²) in [4.78, 5) is 16.1. The first-order valence-corrected chi connectivity index (χ1v) is 6.85. The summed E-state index contributed by atoms with van der Waals surface area (Å²) in [5.41, 5.74) is 1.49. The zero-order chi connectivity index (χ0) is 14.3. The largest absolute Gasteiger partial charge is 0.324 e. The Hall–Kier alpha value is -2.02. The topological polar surface area (TPSA) is 75.6 Å². The summed E-state index contributed by atoms with van der Waals surface area (Å²) in [6, 6.07) is 1.85. The molecule has 1 saturated carbocycles. The van der Waals surface area contributed by atoms with Gasteiger partial charge in [0.05, 0.1) is 11.9 Å². The van der Waals surface area contributed by atoms with Crippen molar-refractivity contribution in [2.75, 3.05) is 5.32 Å². The van der Waals surface area contributed by atoms with Crippen molar-refractivity contribution in [1.29, 1.82) is 0 Å². The minimum Gasteiger partial charge on any atom is -0.324 e. The average molecular weight is 289 g/mol. The van der Waals surface area contributed by atoms with Gasteiger partial charge in [0.15, 0.2) is 10.6 Å². The highest BCUT2D eigenvalue weighted by Gasteiger charge is 2.39. The zero-order valence-electron chi connectivity index (χ0n) is 11.3. The van der Waals surface area contributed by atoms with Gasteiger partial charge in [-0.05, 0) is 30.6 Å². The first kappa shape index (κ1) is 13.0. The molecule has 2 N–H and O–H groups in total. The van der Waals surface area contributed by atoms with Crippen LogP contribution in [0.5, 0.6) is 0 Å². The molecule has 2 heterocycles. The van der Waals surface area contributed by atoms with E-state index in [0.29, 0.717) is 22.2 Å². The average Bonchev–Trinajstić information content (AvgIpc) is 3.07. The first-order valence-electron chi connectivity index (χ1n) is 6.44. The van der Waals surface area contributed by atoms with E-state index < -0.39 is 0 Å². The number of pyridine rings is 1. The number of nitrogens with one attached hydrogen (secondary N) is 2. The molecular formula is C13H15N5OS. The normalized spacial score (nSPS) is 20.7. The van der Waals surface area contributed by atoms with E-state index in [1.54, 1.807) is 17.0 Å². The Bertz CT molecular complexity index is 720. The van der Waals surface area contributed by atoms with Crippen LogP contribution in [0.3, 0.4) is 0 Å². The second kappa shape index (κ2) is 4.82. The molecular weight excluding hydrogens is 274 g/mol. The van der Waals surface area contributed by atoms with Crippen LogP contribution in [0.2, 0.25) is 0 Å². The van der Waals surface area contributed by atoms with Gasteiger partial charge in [-0.15, -0.1) is 0 Å². The van der Waals surface area contributed by atoms with Crippen molar-refractivity contribution in [3.63, 3.8) is 0 Å². The van der Waals surface area contributed by atoms with Crippen molar-refractivity contribution < 1.29 is 4.79 Å². The first-order chi connectivity index (χ1) is 9.56. The van der Waals surface area contributed by atoms with Crippen LogP contribution in [-0.2, 0) is 11.8 Å². The maximum atomic E-state index is 11.9. The van der Waals surface area contributed by atoms with Gasteiger partial charge in [0.1, 0.15) is 0 Å². The van der Waals surface area contributed by atoms with Crippen LogP contribution in [0.1, 0.15) is 13.3 Å². The molecule has 0 aliphatic heterocycles. The van der Waals surface area contributed by atoms with Crippen molar-refractivity contribution in [3.05, 3.63) is 23.2 Å². The smallest absolute Gasteiger partial charge is 0.227 e. The highest BCUT2D eigenvalue weighted by atomic mass is 32.1. The third-order valence-corrected chi connectivity index (χ3v) is 3.96.